The average Bonchev–Trinajstić information content (AvgIpc) is 3.39. The van der Waals surface area contributed by atoms with Crippen LogP contribution in [0.4, 0.5) is 5.13 Å². The maximum absolute atomic E-state index is 12.6. The second kappa shape index (κ2) is 6.92. The van der Waals surface area contributed by atoms with E-state index in [4.69, 9.17) is 4.74 Å². The number of rotatable bonds is 5. The summed E-state index contributed by atoms with van der Waals surface area (Å²) >= 11 is 1.43. The molecule has 0 radical (unpaired) electrons. The Bertz CT molecular complexity index is 947. The first-order valence-corrected chi connectivity index (χ1v) is 9.58. The van der Waals surface area contributed by atoms with Crippen LogP contribution in [0.5, 0.6) is 5.75 Å². The molecule has 134 valence electrons. The number of thiazole rings is 1. The molecule has 1 aliphatic heterocycles. The van der Waals surface area contributed by atoms with Gasteiger partial charge >= 0.3 is 0 Å². The van der Waals surface area contributed by atoms with Gasteiger partial charge in [-0.1, -0.05) is 6.92 Å². The predicted molar refractivity (Wildman–Crippen MR) is 102 cm³/mol. The summed E-state index contributed by atoms with van der Waals surface area (Å²) in [4.78, 5) is 21.4. The van der Waals surface area contributed by atoms with Crippen LogP contribution >= 0.6 is 11.3 Å². The number of aryl methyl sites for hydroxylation is 1. The van der Waals surface area contributed by atoms with Crippen LogP contribution in [0.3, 0.4) is 0 Å². The van der Waals surface area contributed by atoms with Crippen molar-refractivity contribution in [3.05, 3.63) is 47.4 Å². The van der Waals surface area contributed by atoms with Gasteiger partial charge in [0.05, 0.1) is 12.3 Å². The van der Waals surface area contributed by atoms with Crippen LogP contribution in [-0.2, 0) is 17.6 Å². The molecular formula is C19H20N4O2S. The lowest BCUT2D eigenvalue weighted by atomic mass is 10.1. The molecule has 0 fully saturated rings. The minimum atomic E-state index is -0.336. The predicted octanol–water partition coefficient (Wildman–Crippen LogP) is 3.70. The molecule has 3 aromatic rings. The van der Waals surface area contributed by atoms with Crippen LogP contribution in [0.2, 0.25) is 0 Å². The Morgan fingerprint density at radius 3 is 3.19 bits per heavy atom. The van der Waals surface area contributed by atoms with Crippen molar-refractivity contribution in [3.8, 4) is 17.0 Å². The molecule has 1 amide bonds. The molecule has 26 heavy (non-hydrogen) atoms. The standard InChI is InChI=1S/C19H20N4O2S/c1-3-17-20-7-8-23(17)12(2)18(24)22-19-21-15(11-26-19)13-4-5-16-14(10-13)6-9-25-16/h4-5,7-8,10-12H,3,6,9H2,1-2H3,(H,21,22,24)/t12-/m1/s1. The Morgan fingerprint density at radius 2 is 2.35 bits per heavy atom. The Balaban J connectivity index is 1.49. The van der Waals surface area contributed by atoms with Gasteiger partial charge in [0.15, 0.2) is 5.13 Å². The maximum atomic E-state index is 12.6. The molecule has 4 rings (SSSR count). The third-order valence-corrected chi connectivity index (χ3v) is 5.34. The quantitative estimate of drug-likeness (QED) is 0.745. The zero-order chi connectivity index (χ0) is 18.1. The van der Waals surface area contributed by atoms with Gasteiger partial charge < -0.3 is 14.6 Å². The normalized spacial score (nSPS) is 13.9. The first-order chi connectivity index (χ1) is 12.7. The summed E-state index contributed by atoms with van der Waals surface area (Å²) in [5.74, 6) is 1.76. The highest BCUT2D eigenvalue weighted by molar-refractivity contribution is 7.14. The number of anilines is 1. The Hall–Kier alpha value is -2.67. The van der Waals surface area contributed by atoms with E-state index in [2.05, 4.69) is 21.4 Å². The van der Waals surface area contributed by atoms with Crippen LogP contribution in [0, 0.1) is 0 Å². The van der Waals surface area contributed by atoms with Gasteiger partial charge in [-0.3, -0.25) is 4.79 Å². The van der Waals surface area contributed by atoms with Gasteiger partial charge in [0.25, 0.3) is 0 Å². The molecule has 0 saturated carbocycles. The Kier molecular flexibility index (Phi) is 4.46. The van der Waals surface area contributed by atoms with E-state index in [1.807, 2.05) is 42.1 Å². The third kappa shape index (κ3) is 3.10. The van der Waals surface area contributed by atoms with E-state index in [9.17, 15) is 4.79 Å². The van der Waals surface area contributed by atoms with Crippen LogP contribution in [0.25, 0.3) is 11.3 Å². The molecular weight excluding hydrogens is 348 g/mol. The fourth-order valence-electron chi connectivity index (χ4n) is 3.12. The minimum Gasteiger partial charge on any atom is -0.493 e. The number of nitrogens with one attached hydrogen (secondary N) is 1. The zero-order valence-corrected chi connectivity index (χ0v) is 15.5. The highest BCUT2D eigenvalue weighted by atomic mass is 32.1. The van der Waals surface area contributed by atoms with E-state index in [-0.39, 0.29) is 11.9 Å². The smallest absolute Gasteiger partial charge is 0.248 e. The monoisotopic (exact) mass is 368 g/mol. The molecule has 0 unspecified atom stereocenters. The molecule has 0 bridgehead atoms. The van der Waals surface area contributed by atoms with Crippen LogP contribution in [0.15, 0.2) is 36.0 Å². The topological polar surface area (TPSA) is 69.0 Å². The average molecular weight is 368 g/mol. The van der Waals surface area contributed by atoms with E-state index in [0.29, 0.717) is 5.13 Å². The first-order valence-electron chi connectivity index (χ1n) is 8.70. The van der Waals surface area contributed by atoms with Crippen molar-refractivity contribution in [3.63, 3.8) is 0 Å². The van der Waals surface area contributed by atoms with Crippen molar-refractivity contribution >= 4 is 22.4 Å². The lowest BCUT2D eigenvalue weighted by Crippen LogP contribution is -2.24. The van der Waals surface area contributed by atoms with E-state index in [1.54, 1.807) is 6.20 Å². The van der Waals surface area contributed by atoms with Gasteiger partial charge in [-0.15, -0.1) is 11.3 Å². The van der Waals surface area contributed by atoms with Crippen LogP contribution < -0.4 is 10.1 Å². The van der Waals surface area contributed by atoms with E-state index in [1.165, 1.54) is 16.9 Å². The van der Waals surface area contributed by atoms with Gasteiger partial charge in [-0.05, 0) is 30.7 Å². The molecule has 2 aromatic heterocycles. The fourth-order valence-corrected chi connectivity index (χ4v) is 3.84. The van der Waals surface area contributed by atoms with E-state index >= 15 is 0 Å². The summed E-state index contributed by atoms with van der Waals surface area (Å²) in [6.07, 6.45) is 5.28. The molecule has 1 N–H and O–H groups in total. The van der Waals surface area contributed by atoms with Crippen molar-refractivity contribution in [1.29, 1.82) is 0 Å². The highest BCUT2D eigenvalue weighted by Crippen LogP contribution is 2.32. The molecule has 1 aromatic carbocycles. The summed E-state index contributed by atoms with van der Waals surface area (Å²) in [6.45, 7) is 4.63. The van der Waals surface area contributed by atoms with Gasteiger partial charge in [-0.2, -0.15) is 0 Å². The van der Waals surface area contributed by atoms with Crippen LogP contribution in [-0.4, -0.2) is 27.0 Å². The molecule has 1 atom stereocenters. The maximum Gasteiger partial charge on any atom is 0.248 e. The molecule has 0 spiro atoms. The van der Waals surface area contributed by atoms with Crippen molar-refractivity contribution in [2.45, 2.75) is 32.7 Å². The van der Waals surface area contributed by atoms with E-state index in [0.717, 1.165) is 42.3 Å². The van der Waals surface area contributed by atoms with Gasteiger partial charge in [-0.25, -0.2) is 9.97 Å². The molecule has 6 nitrogen and oxygen atoms in total. The minimum absolute atomic E-state index is 0.0963. The zero-order valence-electron chi connectivity index (χ0n) is 14.7. The van der Waals surface area contributed by atoms with Crippen LogP contribution in [0.1, 0.15) is 31.3 Å². The second-order valence-corrected chi connectivity index (χ2v) is 7.09. The Morgan fingerprint density at radius 1 is 1.46 bits per heavy atom. The van der Waals surface area contributed by atoms with Gasteiger partial charge in [0.1, 0.15) is 17.6 Å². The number of aromatic nitrogens is 3. The number of imidazole rings is 1. The first kappa shape index (κ1) is 16.8. The lowest BCUT2D eigenvalue weighted by molar-refractivity contribution is -0.118. The van der Waals surface area contributed by atoms with Crippen molar-refractivity contribution in [2.24, 2.45) is 0 Å². The molecule has 3 heterocycles. The van der Waals surface area contributed by atoms with Crippen molar-refractivity contribution in [1.82, 2.24) is 14.5 Å². The molecule has 7 heteroatoms. The molecule has 0 saturated heterocycles. The summed E-state index contributed by atoms with van der Waals surface area (Å²) in [5.41, 5.74) is 3.12. The summed E-state index contributed by atoms with van der Waals surface area (Å²) in [6, 6.07) is 5.77. The van der Waals surface area contributed by atoms with Gasteiger partial charge in [0, 0.05) is 36.2 Å². The number of carbonyl (C=O) groups excluding carboxylic acids is 1. The summed E-state index contributed by atoms with van der Waals surface area (Å²) < 4.78 is 7.44. The number of fused-ring (bicyclic) bond motifs is 1. The number of amides is 1. The number of carbonyl (C=O) groups is 1. The largest absolute Gasteiger partial charge is 0.493 e. The number of hydrogen-bond acceptors (Lipinski definition) is 5. The second-order valence-electron chi connectivity index (χ2n) is 6.23. The summed E-state index contributed by atoms with van der Waals surface area (Å²) in [5, 5.41) is 5.49. The summed E-state index contributed by atoms with van der Waals surface area (Å²) in [7, 11) is 0. The number of hydrogen-bond donors (Lipinski definition) is 1. The SMILES string of the molecule is CCc1nccn1[C@H](C)C(=O)Nc1nc(-c2ccc3c(c2)CCO3)cs1. The third-order valence-electron chi connectivity index (χ3n) is 4.58. The molecule has 0 aliphatic carbocycles. The van der Waals surface area contributed by atoms with E-state index < -0.39 is 0 Å². The fraction of sp³-hybridized carbons (Fsp3) is 0.316. The van der Waals surface area contributed by atoms with Crippen molar-refractivity contribution < 1.29 is 9.53 Å². The number of benzene rings is 1. The Labute approximate surface area is 155 Å². The number of ether oxygens (including phenoxy) is 1. The van der Waals surface area contributed by atoms with Crippen molar-refractivity contribution in [2.75, 3.05) is 11.9 Å². The van der Waals surface area contributed by atoms with Gasteiger partial charge in [0.2, 0.25) is 5.91 Å². The highest BCUT2D eigenvalue weighted by Gasteiger charge is 2.19. The lowest BCUT2D eigenvalue weighted by Gasteiger charge is -2.14. The molecule has 1 aliphatic rings. The number of nitrogens with zero attached hydrogens (tertiary/aromatic N) is 3.